The molecule has 0 bridgehead atoms. The van der Waals surface area contributed by atoms with E-state index in [0.717, 1.165) is 34.3 Å². The maximum atomic E-state index is 13.1. The minimum absolute atomic E-state index is 0.125. The number of fused-ring (bicyclic) bond motifs is 1. The molecule has 1 aromatic carbocycles. The number of hydrogen-bond acceptors (Lipinski definition) is 4. The topological polar surface area (TPSA) is 55.7 Å². The third-order valence-electron chi connectivity index (χ3n) is 4.78. The van der Waals surface area contributed by atoms with Gasteiger partial charge in [-0.1, -0.05) is 0 Å². The molecule has 2 aromatic heterocycles. The van der Waals surface area contributed by atoms with Gasteiger partial charge in [0.05, 0.1) is 19.2 Å². The molecule has 1 unspecified atom stereocenters. The number of rotatable bonds is 4. The van der Waals surface area contributed by atoms with Crippen molar-refractivity contribution in [2.45, 2.75) is 12.6 Å². The standard InChI is InChI=1S/C20H21N3O3S/c1-25-14-7-8-17(26-2)15(13-14)19-16-5-3-9-22(16)10-11-23(19)20(24)21-18-6-4-12-27-18/h3-9,12-13,19H,10-11H2,1-2H3,(H,21,24). The highest BCUT2D eigenvalue weighted by Gasteiger charge is 2.34. The molecule has 0 aliphatic carbocycles. The summed E-state index contributed by atoms with van der Waals surface area (Å²) in [5.74, 6) is 1.46. The lowest BCUT2D eigenvalue weighted by molar-refractivity contribution is 0.180. The third-order valence-corrected chi connectivity index (χ3v) is 5.57. The SMILES string of the molecule is COc1ccc(OC)c(C2c3cccn3CCN2C(=O)Nc2cccs2)c1. The molecule has 0 saturated heterocycles. The Morgan fingerprint density at radius 3 is 2.78 bits per heavy atom. The van der Waals surface area contributed by atoms with Crippen LogP contribution in [0.1, 0.15) is 17.3 Å². The molecule has 0 radical (unpaired) electrons. The highest BCUT2D eigenvalue weighted by Crippen LogP contribution is 2.39. The largest absolute Gasteiger partial charge is 0.497 e. The summed E-state index contributed by atoms with van der Waals surface area (Å²) in [6.07, 6.45) is 2.05. The molecule has 1 aliphatic heterocycles. The maximum Gasteiger partial charge on any atom is 0.323 e. The van der Waals surface area contributed by atoms with Gasteiger partial charge in [0.25, 0.3) is 0 Å². The normalized spacial score (nSPS) is 15.9. The van der Waals surface area contributed by atoms with E-state index in [2.05, 4.69) is 9.88 Å². The van der Waals surface area contributed by atoms with Crippen LogP contribution in [0.25, 0.3) is 0 Å². The van der Waals surface area contributed by atoms with Crippen molar-refractivity contribution in [3.8, 4) is 11.5 Å². The number of anilines is 1. The number of aromatic nitrogens is 1. The number of nitrogens with zero attached hydrogens (tertiary/aromatic N) is 2. The predicted octanol–water partition coefficient (Wildman–Crippen LogP) is 4.20. The van der Waals surface area contributed by atoms with Gasteiger partial charge in [-0.3, -0.25) is 5.32 Å². The molecule has 1 atom stereocenters. The summed E-state index contributed by atoms with van der Waals surface area (Å²) in [7, 11) is 3.28. The molecule has 3 aromatic rings. The van der Waals surface area contributed by atoms with E-state index in [1.165, 1.54) is 11.3 Å². The monoisotopic (exact) mass is 383 g/mol. The summed E-state index contributed by atoms with van der Waals surface area (Å²) in [6.45, 7) is 1.35. The predicted molar refractivity (Wildman–Crippen MR) is 106 cm³/mol. The number of hydrogen-bond donors (Lipinski definition) is 1. The third kappa shape index (κ3) is 3.26. The van der Waals surface area contributed by atoms with Crippen molar-refractivity contribution >= 4 is 22.4 Å². The van der Waals surface area contributed by atoms with E-state index in [9.17, 15) is 4.79 Å². The van der Waals surface area contributed by atoms with Crippen LogP contribution in [0, 0.1) is 0 Å². The summed E-state index contributed by atoms with van der Waals surface area (Å²) < 4.78 is 13.2. The number of ether oxygens (including phenoxy) is 2. The van der Waals surface area contributed by atoms with Crippen LogP contribution in [0.15, 0.2) is 54.0 Å². The fourth-order valence-electron chi connectivity index (χ4n) is 3.51. The first-order valence-electron chi connectivity index (χ1n) is 8.69. The second kappa shape index (κ2) is 7.36. The molecule has 140 valence electrons. The Bertz CT molecular complexity index is 936. The van der Waals surface area contributed by atoms with Crippen LogP contribution >= 0.6 is 11.3 Å². The lowest BCUT2D eigenvalue weighted by atomic mass is 9.98. The average Bonchev–Trinajstić information content (AvgIpc) is 3.38. The molecule has 4 rings (SSSR count). The Labute approximate surface area is 161 Å². The van der Waals surface area contributed by atoms with Crippen LogP contribution in [-0.2, 0) is 6.54 Å². The molecular weight excluding hydrogens is 362 g/mol. The zero-order valence-corrected chi connectivity index (χ0v) is 16.0. The van der Waals surface area contributed by atoms with E-state index in [-0.39, 0.29) is 12.1 Å². The molecule has 0 fully saturated rings. The number of methoxy groups -OCH3 is 2. The number of nitrogens with one attached hydrogen (secondary N) is 1. The first kappa shape index (κ1) is 17.5. The van der Waals surface area contributed by atoms with Gasteiger partial charge in [0.1, 0.15) is 17.5 Å². The number of benzene rings is 1. The van der Waals surface area contributed by atoms with Crippen LogP contribution in [0.4, 0.5) is 9.80 Å². The Morgan fingerprint density at radius 1 is 1.15 bits per heavy atom. The number of carbonyl (C=O) groups is 1. The van der Waals surface area contributed by atoms with Crippen LogP contribution < -0.4 is 14.8 Å². The van der Waals surface area contributed by atoms with E-state index in [1.807, 2.05) is 58.9 Å². The number of carbonyl (C=O) groups excluding carboxylic acids is 1. The average molecular weight is 383 g/mol. The van der Waals surface area contributed by atoms with Crippen molar-refractivity contribution in [3.63, 3.8) is 0 Å². The highest BCUT2D eigenvalue weighted by molar-refractivity contribution is 7.14. The van der Waals surface area contributed by atoms with Gasteiger partial charge in [-0.25, -0.2) is 4.79 Å². The quantitative estimate of drug-likeness (QED) is 0.734. The Balaban J connectivity index is 1.77. The molecule has 3 heterocycles. The van der Waals surface area contributed by atoms with E-state index in [0.29, 0.717) is 6.54 Å². The smallest absolute Gasteiger partial charge is 0.323 e. The van der Waals surface area contributed by atoms with Crippen molar-refractivity contribution in [2.24, 2.45) is 0 Å². The second-order valence-electron chi connectivity index (χ2n) is 6.24. The fourth-order valence-corrected chi connectivity index (χ4v) is 4.12. The minimum atomic E-state index is -0.265. The first-order valence-corrected chi connectivity index (χ1v) is 9.57. The van der Waals surface area contributed by atoms with Crippen molar-refractivity contribution in [3.05, 3.63) is 65.3 Å². The molecule has 2 amide bonds. The second-order valence-corrected chi connectivity index (χ2v) is 7.19. The van der Waals surface area contributed by atoms with Crippen LogP contribution in [0.5, 0.6) is 11.5 Å². The number of amides is 2. The summed E-state index contributed by atoms with van der Waals surface area (Å²) in [5.41, 5.74) is 1.95. The van der Waals surface area contributed by atoms with Gasteiger partial charge in [0, 0.05) is 30.5 Å². The minimum Gasteiger partial charge on any atom is -0.497 e. The lowest BCUT2D eigenvalue weighted by Gasteiger charge is -2.37. The van der Waals surface area contributed by atoms with E-state index < -0.39 is 0 Å². The number of urea groups is 1. The van der Waals surface area contributed by atoms with Crippen molar-refractivity contribution < 1.29 is 14.3 Å². The van der Waals surface area contributed by atoms with Gasteiger partial charge in [-0.2, -0.15) is 0 Å². The Hall–Kier alpha value is -2.93. The van der Waals surface area contributed by atoms with Gasteiger partial charge in [-0.15, -0.1) is 11.3 Å². The maximum absolute atomic E-state index is 13.1. The molecule has 27 heavy (non-hydrogen) atoms. The fraction of sp³-hybridized carbons (Fsp3) is 0.250. The van der Waals surface area contributed by atoms with Gasteiger partial charge in [0.15, 0.2) is 0 Å². The van der Waals surface area contributed by atoms with E-state index in [4.69, 9.17) is 9.47 Å². The summed E-state index contributed by atoms with van der Waals surface area (Å²) in [4.78, 5) is 14.9. The Kier molecular flexibility index (Phi) is 4.77. The van der Waals surface area contributed by atoms with Gasteiger partial charge in [0.2, 0.25) is 0 Å². The molecular formula is C20H21N3O3S. The lowest BCUT2D eigenvalue weighted by Crippen LogP contribution is -2.44. The van der Waals surface area contributed by atoms with Crippen molar-refractivity contribution in [2.75, 3.05) is 26.1 Å². The molecule has 6 nitrogen and oxygen atoms in total. The Morgan fingerprint density at radius 2 is 2.04 bits per heavy atom. The van der Waals surface area contributed by atoms with Crippen LogP contribution in [-0.4, -0.2) is 36.3 Å². The van der Waals surface area contributed by atoms with Gasteiger partial charge < -0.3 is 18.9 Å². The van der Waals surface area contributed by atoms with Crippen molar-refractivity contribution in [1.82, 2.24) is 9.47 Å². The molecule has 0 spiro atoms. The first-order chi connectivity index (χ1) is 13.2. The van der Waals surface area contributed by atoms with Crippen LogP contribution in [0.2, 0.25) is 0 Å². The molecule has 1 aliphatic rings. The zero-order chi connectivity index (χ0) is 18.8. The van der Waals surface area contributed by atoms with E-state index >= 15 is 0 Å². The van der Waals surface area contributed by atoms with Gasteiger partial charge in [-0.05, 0) is 47.8 Å². The van der Waals surface area contributed by atoms with E-state index in [1.54, 1.807) is 14.2 Å². The number of thiophene rings is 1. The molecule has 1 N–H and O–H groups in total. The summed E-state index contributed by atoms with van der Waals surface area (Å²) in [5, 5.41) is 5.78. The molecule has 0 saturated carbocycles. The van der Waals surface area contributed by atoms with Gasteiger partial charge >= 0.3 is 6.03 Å². The zero-order valence-electron chi connectivity index (χ0n) is 15.2. The summed E-state index contributed by atoms with van der Waals surface area (Å²) >= 11 is 1.50. The highest BCUT2D eigenvalue weighted by atomic mass is 32.1. The molecule has 7 heteroatoms. The van der Waals surface area contributed by atoms with Crippen LogP contribution in [0.3, 0.4) is 0 Å². The summed E-state index contributed by atoms with van der Waals surface area (Å²) in [6, 6.07) is 13.2. The van der Waals surface area contributed by atoms with Crippen molar-refractivity contribution in [1.29, 1.82) is 0 Å².